The maximum Gasteiger partial charge on any atom is 0.251 e. The lowest BCUT2D eigenvalue weighted by atomic mass is 10.0. The van der Waals surface area contributed by atoms with Gasteiger partial charge in [0.1, 0.15) is 6.04 Å². The molecule has 134 valence electrons. The average molecular weight is 334 g/mol. The topological polar surface area (TPSA) is 67.4 Å². The number of benzene rings is 1. The van der Waals surface area contributed by atoms with E-state index in [2.05, 4.69) is 17.6 Å². The molecule has 2 amide bonds. The maximum absolute atomic E-state index is 12.4. The Labute approximate surface area is 145 Å². The van der Waals surface area contributed by atoms with E-state index in [-0.39, 0.29) is 17.7 Å². The molecule has 1 aromatic carbocycles. The Morgan fingerprint density at radius 3 is 2.33 bits per heavy atom. The molecule has 0 aliphatic heterocycles. The van der Waals surface area contributed by atoms with Crippen molar-refractivity contribution < 1.29 is 14.3 Å². The van der Waals surface area contributed by atoms with Crippen LogP contribution >= 0.6 is 0 Å². The molecule has 0 radical (unpaired) electrons. The van der Waals surface area contributed by atoms with Gasteiger partial charge in [-0.1, -0.05) is 32.9 Å². The summed E-state index contributed by atoms with van der Waals surface area (Å²) in [7, 11) is 0. The van der Waals surface area contributed by atoms with Crippen LogP contribution in [-0.4, -0.2) is 37.6 Å². The summed E-state index contributed by atoms with van der Waals surface area (Å²) in [6.07, 6.45) is 1.69. The summed E-state index contributed by atoms with van der Waals surface area (Å²) in [6.45, 7) is 9.70. The van der Waals surface area contributed by atoms with Crippen molar-refractivity contribution in [3.63, 3.8) is 0 Å². The number of amides is 2. The molecule has 0 fully saturated rings. The second-order valence-electron chi connectivity index (χ2n) is 6.09. The molecule has 1 atom stereocenters. The highest BCUT2D eigenvalue weighted by Crippen LogP contribution is 2.08. The lowest BCUT2D eigenvalue weighted by Crippen LogP contribution is -2.50. The zero-order valence-electron chi connectivity index (χ0n) is 15.2. The van der Waals surface area contributed by atoms with Crippen molar-refractivity contribution in [3.8, 4) is 0 Å². The first kappa shape index (κ1) is 20.2. The average Bonchev–Trinajstić information content (AvgIpc) is 2.58. The van der Waals surface area contributed by atoms with Crippen LogP contribution in [0.5, 0.6) is 0 Å². The van der Waals surface area contributed by atoms with Gasteiger partial charge in [-0.2, -0.15) is 0 Å². The summed E-state index contributed by atoms with van der Waals surface area (Å²) in [4.78, 5) is 24.7. The lowest BCUT2D eigenvalue weighted by Gasteiger charge is -2.22. The van der Waals surface area contributed by atoms with E-state index in [0.717, 1.165) is 12.8 Å². The van der Waals surface area contributed by atoms with Crippen LogP contribution in [0.2, 0.25) is 0 Å². The predicted octanol–water partition coefficient (Wildman–Crippen LogP) is 2.55. The number of ether oxygens (including phenoxy) is 1. The molecule has 0 heterocycles. The maximum atomic E-state index is 12.4. The summed E-state index contributed by atoms with van der Waals surface area (Å²) in [5, 5.41) is 5.70. The quantitative estimate of drug-likeness (QED) is 0.646. The Morgan fingerprint density at radius 1 is 1.12 bits per heavy atom. The molecule has 0 spiro atoms. The highest BCUT2D eigenvalue weighted by molar-refractivity contribution is 5.97. The van der Waals surface area contributed by atoms with Gasteiger partial charge in [0.15, 0.2) is 0 Å². The number of nitrogens with one attached hydrogen (secondary N) is 2. The van der Waals surface area contributed by atoms with E-state index in [0.29, 0.717) is 25.3 Å². The first-order valence-corrected chi connectivity index (χ1v) is 8.74. The van der Waals surface area contributed by atoms with E-state index in [1.54, 1.807) is 12.1 Å². The van der Waals surface area contributed by atoms with Crippen LogP contribution in [0.4, 0.5) is 0 Å². The number of hydrogen-bond acceptors (Lipinski definition) is 3. The summed E-state index contributed by atoms with van der Waals surface area (Å²) in [5.41, 5.74) is 1.75. The van der Waals surface area contributed by atoms with Crippen molar-refractivity contribution in [1.82, 2.24) is 10.6 Å². The molecule has 2 N–H and O–H groups in total. The SMILES string of the molecule is CCOCCCNC(=O)C(NC(=O)c1ccc(CC)cc1)C(C)C. The first-order chi connectivity index (χ1) is 11.5. The van der Waals surface area contributed by atoms with E-state index in [1.807, 2.05) is 32.9 Å². The van der Waals surface area contributed by atoms with E-state index in [1.165, 1.54) is 5.56 Å². The largest absolute Gasteiger partial charge is 0.382 e. The van der Waals surface area contributed by atoms with Crippen LogP contribution in [0, 0.1) is 5.92 Å². The normalized spacial score (nSPS) is 12.0. The summed E-state index contributed by atoms with van der Waals surface area (Å²) in [5.74, 6) is -0.364. The molecular formula is C19H30N2O3. The van der Waals surface area contributed by atoms with Crippen LogP contribution in [0.25, 0.3) is 0 Å². The first-order valence-electron chi connectivity index (χ1n) is 8.74. The smallest absolute Gasteiger partial charge is 0.251 e. The van der Waals surface area contributed by atoms with Gasteiger partial charge >= 0.3 is 0 Å². The fraction of sp³-hybridized carbons (Fsp3) is 0.579. The predicted molar refractivity (Wildman–Crippen MR) is 96.0 cm³/mol. The van der Waals surface area contributed by atoms with Gasteiger partial charge in [-0.15, -0.1) is 0 Å². The third-order valence-corrected chi connectivity index (χ3v) is 3.83. The fourth-order valence-corrected chi connectivity index (χ4v) is 2.29. The number of rotatable bonds is 10. The molecule has 0 aromatic heterocycles. The zero-order chi connectivity index (χ0) is 17.9. The van der Waals surface area contributed by atoms with Crippen molar-refractivity contribution in [2.75, 3.05) is 19.8 Å². The van der Waals surface area contributed by atoms with Gasteiger partial charge in [0.25, 0.3) is 5.91 Å². The van der Waals surface area contributed by atoms with Gasteiger partial charge in [-0.25, -0.2) is 0 Å². The van der Waals surface area contributed by atoms with Crippen LogP contribution < -0.4 is 10.6 Å². The standard InChI is InChI=1S/C19H30N2O3/c1-5-15-8-10-16(11-9-15)18(22)21-17(14(3)4)19(23)20-12-7-13-24-6-2/h8-11,14,17H,5-7,12-13H2,1-4H3,(H,20,23)(H,21,22). The molecule has 1 rings (SSSR count). The van der Waals surface area contributed by atoms with Gasteiger partial charge in [-0.3, -0.25) is 9.59 Å². The third-order valence-electron chi connectivity index (χ3n) is 3.83. The highest BCUT2D eigenvalue weighted by Gasteiger charge is 2.24. The molecule has 1 aromatic rings. The van der Waals surface area contributed by atoms with Gasteiger partial charge in [-0.05, 0) is 43.4 Å². The Hall–Kier alpha value is -1.88. The van der Waals surface area contributed by atoms with Crippen molar-refractivity contribution >= 4 is 11.8 Å². The van der Waals surface area contributed by atoms with Crippen LogP contribution in [0.3, 0.4) is 0 Å². The Morgan fingerprint density at radius 2 is 1.79 bits per heavy atom. The van der Waals surface area contributed by atoms with Crippen LogP contribution in [-0.2, 0) is 16.0 Å². The summed E-state index contributed by atoms with van der Waals surface area (Å²) in [6, 6.07) is 6.92. The minimum Gasteiger partial charge on any atom is -0.382 e. The molecule has 24 heavy (non-hydrogen) atoms. The van der Waals surface area contributed by atoms with Gasteiger partial charge in [0.05, 0.1) is 0 Å². The van der Waals surface area contributed by atoms with Gasteiger partial charge in [0, 0.05) is 25.3 Å². The lowest BCUT2D eigenvalue weighted by molar-refractivity contribution is -0.124. The van der Waals surface area contributed by atoms with Crippen molar-refractivity contribution in [2.24, 2.45) is 5.92 Å². The number of carbonyl (C=O) groups excluding carboxylic acids is 2. The molecule has 5 heteroatoms. The zero-order valence-corrected chi connectivity index (χ0v) is 15.2. The minimum absolute atomic E-state index is 0.00996. The highest BCUT2D eigenvalue weighted by atomic mass is 16.5. The molecule has 5 nitrogen and oxygen atoms in total. The van der Waals surface area contributed by atoms with Crippen LogP contribution in [0.1, 0.15) is 50.0 Å². The monoisotopic (exact) mass is 334 g/mol. The Kier molecular flexibility index (Phi) is 9.08. The van der Waals surface area contributed by atoms with Gasteiger partial charge in [0.2, 0.25) is 5.91 Å². The van der Waals surface area contributed by atoms with Gasteiger partial charge < -0.3 is 15.4 Å². The number of aryl methyl sites for hydroxylation is 1. The molecule has 0 bridgehead atoms. The summed E-state index contributed by atoms with van der Waals surface area (Å²) >= 11 is 0. The van der Waals surface area contributed by atoms with Crippen molar-refractivity contribution in [2.45, 2.75) is 46.6 Å². The van der Waals surface area contributed by atoms with Crippen molar-refractivity contribution in [3.05, 3.63) is 35.4 Å². The van der Waals surface area contributed by atoms with Crippen molar-refractivity contribution in [1.29, 1.82) is 0 Å². The Balaban J connectivity index is 2.57. The summed E-state index contributed by atoms with van der Waals surface area (Å²) < 4.78 is 5.24. The third kappa shape index (κ3) is 6.71. The van der Waals surface area contributed by atoms with Crippen LogP contribution in [0.15, 0.2) is 24.3 Å². The van der Waals surface area contributed by atoms with E-state index >= 15 is 0 Å². The fourth-order valence-electron chi connectivity index (χ4n) is 2.29. The number of carbonyl (C=O) groups is 2. The van der Waals surface area contributed by atoms with E-state index in [9.17, 15) is 9.59 Å². The Bertz CT molecular complexity index is 512. The second-order valence-corrected chi connectivity index (χ2v) is 6.09. The molecule has 0 saturated carbocycles. The molecule has 1 unspecified atom stereocenters. The molecule has 0 aliphatic rings. The molecular weight excluding hydrogens is 304 g/mol. The minimum atomic E-state index is -0.546. The molecule has 0 saturated heterocycles. The van der Waals surface area contributed by atoms with E-state index in [4.69, 9.17) is 4.74 Å². The second kappa shape index (κ2) is 10.8. The molecule has 0 aliphatic carbocycles. The van der Waals surface area contributed by atoms with E-state index < -0.39 is 6.04 Å². The number of hydrogen-bond donors (Lipinski definition) is 2.